The third-order valence-electron chi connectivity index (χ3n) is 9.80. The van der Waals surface area contributed by atoms with Gasteiger partial charge in [-0.2, -0.15) is 0 Å². The molecular weight excluding hydrogens is 573 g/mol. The van der Waals surface area contributed by atoms with Gasteiger partial charge in [-0.15, -0.1) is 0 Å². The number of amides is 2. The van der Waals surface area contributed by atoms with Crippen LogP contribution >= 0.6 is 0 Å². The van der Waals surface area contributed by atoms with Crippen LogP contribution in [0.15, 0.2) is 0 Å². The van der Waals surface area contributed by atoms with Gasteiger partial charge in [0.1, 0.15) is 12.1 Å². The lowest BCUT2D eigenvalue weighted by Crippen LogP contribution is -2.57. The molecule has 3 rings (SSSR count). The Morgan fingerprint density at radius 1 is 0.905 bits per heavy atom. The molecule has 0 bridgehead atoms. The van der Waals surface area contributed by atoms with Crippen molar-refractivity contribution in [1.82, 2.24) is 15.5 Å². The van der Waals surface area contributed by atoms with Gasteiger partial charge in [0.05, 0.1) is 32.5 Å². The van der Waals surface area contributed by atoms with E-state index in [1.54, 1.807) is 4.90 Å². The SMILES string of the molecule is COC(=O)[C@@H]1C[C@@H](O[Si](C)(C)C(C)(C)C)[C@@H](CCN)N1.COC(=O)[C@@H]1C[C@@H](O[Si](C)(C)C(C)(C)C)[C@H]2CCNC(=O)N21. The fourth-order valence-electron chi connectivity index (χ4n) is 5.24. The van der Waals surface area contributed by atoms with E-state index in [0.717, 1.165) is 12.8 Å². The van der Waals surface area contributed by atoms with E-state index < -0.39 is 22.7 Å². The second kappa shape index (κ2) is 14.1. The topological polar surface area (TPSA) is 141 Å². The fraction of sp³-hybridized carbons (Fsp3) is 0.897. The smallest absolute Gasteiger partial charge is 0.328 e. The van der Waals surface area contributed by atoms with Gasteiger partial charge in [-0.3, -0.25) is 10.1 Å². The fourth-order valence-corrected chi connectivity index (χ4v) is 7.97. The summed E-state index contributed by atoms with van der Waals surface area (Å²) >= 11 is 0. The molecule has 6 atom stereocenters. The van der Waals surface area contributed by atoms with Crippen LogP contribution in [0.2, 0.25) is 36.3 Å². The van der Waals surface area contributed by atoms with Gasteiger partial charge in [0, 0.05) is 19.0 Å². The van der Waals surface area contributed by atoms with E-state index >= 15 is 0 Å². The van der Waals surface area contributed by atoms with Crippen molar-refractivity contribution in [2.24, 2.45) is 5.73 Å². The van der Waals surface area contributed by atoms with Crippen molar-refractivity contribution < 1.29 is 32.7 Å². The minimum absolute atomic E-state index is 0.0352. The van der Waals surface area contributed by atoms with Crippen LogP contribution in [0, 0.1) is 0 Å². The molecule has 3 aliphatic heterocycles. The van der Waals surface area contributed by atoms with Gasteiger partial charge in [0.15, 0.2) is 16.6 Å². The summed E-state index contributed by atoms with van der Waals surface area (Å²) in [6, 6.07) is -0.894. The first kappa shape index (κ1) is 36.7. The normalized spacial score (nSPS) is 28.4. The van der Waals surface area contributed by atoms with Crippen molar-refractivity contribution in [3.05, 3.63) is 0 Å². The highest BCUT2D eigenvalue weighted by molar-refractivity contribution is 6.74. The van der Waals surface area contributed by atoms with Crippen molar-refractivity contribution in [3.8, 4) is 0 Å². The van der Waals surface area contributed by atoms with Gasteiger partial charge in [-0.25, -0.2) is 9.59 Å². The minimum Gasteiger partial charge on any atom is -0.468 e. The molecule has 3 fully saturated rings. The van der Waals surface area contributed by atoms with Crippen LogP contribution in [0.3, 0.4) is 0 Å². The van der Waals surface area contributed by atoms with E-state index in [0.29, 0.717) is 25.9 Å². The number of nitrogens with two attached hydrogens (primary N) is 1. The molecule has 0 radical (unpaired) electrons. The van der Waals surface area contributed by atoms with Gasteiger partial charge in [0.25, 0.3) is 0 Å². The summed E-state index contributed by atoms with van der Waals surface area (Å²) in [6.45, 7) is 23.3. The van der Waals surface area contributed by atoms with E-state index in [1.807, 2.05) is 0 Å². The van der Waals surface area contributed by atoms with Crippen molar-refractivity contribution in [3.63, 3.8) is 0 Å². The number of nitrogens with zero attached hydrogens (tertiary/aromatic N) is 1. The standard InChI is InChI=1S/C15H28N2O4Si.C14H30N2O3Si/c1-15(2,3)22(5,6)21-12-9-11(13(18)20-4)17-10(12)7-8-16-14(17)19;1-14(2,3)20(5,6)19-12-9-11(13(17)18-4)16-10(12)7-8-15/h10-12H,7-9H2,1-6H3,(H,16,19);10-12,16H,7-9,15H2,1-6H3/t2*10-,11+,12-/m11/s1. The molecule has 0 aromatic carbocycles. The van der Waals surface area contributed by atoms with Crippen LogP contribution in [0.4, 0.5) is 4.79 Å². The van der Waals surface area contributed by atoms with Crippen LogP contribution in [0.25, 0.3) is 0 Å². The van der Waals surface area contributed by atoms with Gasteiger partial charge in [-0.1, -0.05) is 41.5 Å². The Hall–Kier alpha value is -1.52. The number of hydrogen-bond donors (Lipinski definition) is 3. The highest BCUT2D eigenvalue weighted by atomic mass is 28.4. The number of ether oxygens (including phenoxy) is 2. The largest absolute Gasteiger partial charge is 0.468 e. The maximum absolute atomic E-state index is 12.2. The highest BCUT2D eigenvalue weighted by Gasteiger charge is 2.52. The van der Waals surface area contributed by atoms with Crippen molar-refractivity contribution in [2.75, 3.05) is 27.3 Å². The molecule has 3 aliphatic rings. The van der Waals surface area contributed by atoms with Crippen LogP contribution in [0.1, 0.15) is 67.2 Å². The maximum Gasteiger partial charge on any atom is 0.328 e. The summed E-state index contributed by atoms with van der Waals surface area (Å²) in [5, 5.41) is 6.37. The van der Waals surface area contributed by atoms with Crippen LogP contribution in [-0.4, -0.2) is 103 Å². The zero-order chi connectivity index (χ0) is 32.3. The highest BCUT2D eigenvalue weighted by Crippen LogP contribution is 2.42. The summed E-state index contributed by atoms with van der Waals surface area (Å²) in [4.78, 5) is 37.6. The number of carbonyl (C=O) groups is 3. The maximum atomic E-state index is 12.2. The monoisotopic (exact) mass is 630 g/mol. The number of urea groups is 1. The lowest BCUT2D eigenvalue weighted by Gasteiger charge is -2.41. The molecule has 3 saturated heterocycles. The second-order valence-corrected chi connectivity index (χ2v) is 24.3. The van der Waals surface area contributed by atoms with Crippen molar-refractivity contribution >= 4 is 34.6 Å². The Balaban J connectivity index is 0.000000295. The molecule has 0 saturated carbocycles. The second-order valence-electron chi connectivity index (χ2n) is 14.8. The Morgan fingerprint density at radius 3 is 1.90 bits per heavy atom. The third-order valence-corrected chi connectivity index (χ3v) is 18.8. The molecule has 0 aromatic heterocycles. The number of carbonyl (C=O) groups excluding carboxylic acids is 3. The zero-order valence-corrected chi connectivity index (χ0v) is 30.1. The van der Waals surface area contributed by atoms with Crippen molar-refractivity contribution in [2.45, 2.75) is 140 Å². The number of hydrogen-bond acceptors (Lipinski definition) is 9. The van der Waals surface area contributed by atoms with Crippen molar-refractivity contribution in [1.29, 1.82) is 0 Å². The molecule has 2 amide bonds. The van der Waals surface area contributed by atoms with Crippen LogP contribution in [0.5, 0.6) is 0 Å². The van der Waals surface area contributed by atoms with Gasteiger partial charge in [-0.05, 0) is 62.1 Å². The quantitative estimate of drug-likeness (QED) is 0.270. The molecule has 0 aromatic rings. The Bertz CT molecular complexity index is 951. The van der Waals surface area contributed by atoms with E-state index in [-0.39, 0.29) is 58.4 Å². The lowest BCUT2D eigenvalue weighted by atomic mass is 10.1. The van der Waals surface area contributed by atoms with Gasteiger partial charge < -0.3 is 34.3 Å². The summed E-state index contributed by atoms with van der Waals surface area (Å²) in [5.41, 5.74) is 5.67. The number of nitrogens with one attached hydrogen (secondary N) is 2. The molecule has 0 aliphatic carbocycles. The molecule has 0 unspecified atom stereocenters. The van der Waals surface area contributed by atoms with Crippen LogP contribution < -0.4 is 16.4 Å². The summed E-state index contributed by atoms with van der Waals surface area (Å²) in [7, 11) is -1.02. The van der Waals surface area contributed by atoms with Gasteiger partial charge in [0.2, 0.25) is 0 Å². The molecular formula is C29H58N4O7Si2. The molecule has 42 heavy (non-hydrogen) atoms. The Kier molecular flexibility index (Phi) is 12.3. The first-order valence-corrected chi connectivity index (χ1v) is 21.1. The lowest BCUT2D eigenvalue weighted by molar-refractivity contribution is -0.145. The molecule has 0 spiro atoms. The zero-order valence-electron chi connectivity index (χ0n) is 28.1. The minimum atomic E-state index is -1.95. The predicted molar refractivity (Wildman–Crippen MR) is 169 cm³/mol. The third kappa shape index (κ3) is 8.56. The van der Waals surface area contributed by atoms with E-state index in [1.165, 1.54) is 14.2 Å². The number of esters is 2. The molecule has 11 nitrogen and oxygen atoms in total. The molecule has 13 heteroatoms. The Labute approximate surface area is 255 Å². The van der Waals surface area contributed by atoms with E-state index in [9.17, 15) is 14.4 Å². The molecule has 3 heterocycles. The Morgan fingerprint density at radius 2 is 1.43 bits per heavy atom. The summed E-state index contributed by atoms with van der Waals surface area (Å²) < 4.78 is 22.7. The average Bonchev–Trinajstić information content (AvgIpc) is 3.44. The number of rotatable bonds is 8. The number of methoxy groups -OCH3 is 2. The summed E-state index contributed by atoms with van der Waals surface area (Å²) in [5.74, 6) is -0.572. The molecule has 244 valence electrons. The average molecular weight is 631 g/mol. The van der Waals surface area contributed by atoms with Gasteiger partial charge >= 0.3 is 18.0 Å². The van der Waals surface area contributed by atoms with Crippen LogP contribution in [-0.2, 0) is 27.9 Å². The number of fused-ring (bicyclic) bond motifs is 1. The van der Waals surface area contributed by atoms with E-state index in [4.69, 9.17) is 24.1 Å². The first-order valence-electron chi connectivity index (χ1n) is 15.2. The summed E-state index contributed by atoms with van der Waals surface area (Å²) in [6.07, 6.45) is 2.77. The van der Waals surface area contributed by atoms with E-state index in [2.05, 4.69) is 78.4 Å². The first-order chi connectivity index (χ1) is 19.2. The predicted octanol–water partition coefficient (Wildman–Crippen LogP) is 3.74. The molecule has 4 N–H and O–H groups in total.